The van der Waals surface area contributed by atoms with Crippen LogP contribution in [0.1, 0.15) is 76.1 Å². The van der Waals surface area contributed by atoms with Gasteiger partial charge in [0.1, 0.15) is 6.61 Å². The van der Waals surface area contributed by atoms with Crippen molar-refractivity contribution in [3.8, 4) is 0 Å². The minimum Gasteiger partial charge on any atom is -0.461 e. The van der Waals surface area contributed by atoms with E-state index in [1.807, 2.05) is 31.2 Å². The Hall–Kier alpha value is -5.19. The van der Waals surface area contributed by atoms with Crippen molar-refractivity contribution in [2.24, 2.45) is 20.5 Å². The molecule has 0 bridgehead atoms. The van der Waals surface area contributed by atoms with Crippen molar-refractivity contribution in [2.45, 2.75) is 71.9 Å². The predicted molar refractivity (Wildman–Crippen MR) is 188 cm³/mol. The molecule has 0 heterocycles. The average Bonchev–Trinajstić information content (AvgIpc) is 3.12. The zero-order valence-corrected chi connectivity index (χ0v) is 28.1. The molecule has 1 amide bonds. The lowest BCUT2D eigenvalue weighted by atomic mass is 10.1. The number of ether oxygens (including phenoxy) is 2. The van der Waals surface area contributed by atoms with Crippen molar-refractivity contribution >= 4 is 46.3 Å². The van der Waals surface area contributed by atoms with Crippen LogP contribution in [0.5, 0.6) is 0 Å². The highest BCUT2D eigenvalue weighted by Crippen LogP contribution is 2.25. The minimum atomic E-state index is -0.654. The second kappa shape index (κ2) is 20.8. The van der Waals surface area contributed by atoms with Crippen molar-refractivity contribution in [1.29, 1.82) is 0 Å². The predicted octanol–water partition coefficient (Wildman–Crippen LogP) is 9.44. The molecule has 0 spiro atoms. The molecule has 0 aromatic heterocycles. The van der Waals surface area contributed by atoms with Gasteiger partial charge in [-0.2, -0.15) is 20.5 Å². The van der Waals surface area contributed by atoms with Gasteiger partial charge >= 0.3 is 11.9 Å². The number of benzene rings is 3. The summed E-state index contributed by atoms with van der Waals surface area (Å²) in [7, 11) is 0. The lowest BCUT2D eigenvalue weighted by Crippen LogP contribution is -2.38. The van der Waals surface area contributed by atoms with E-state index in [0.29, 0.717) is 41.3 Å². The molecule has 254 valence electrons. The topological polar surface area (TPSA) is 134 Å². The molecule has 1 N–H and O–H groups in total. The molecule has 3 aromatic rings. The third-order valence-electron chi connectivity index (χ3n) is 7.33. The van der Waals surface area contributed by atoms with Crippen LogP contribution in [0.3, 0.4) is 0 Å². The molecule has 11 heteroatoms. The molecule has 48 heavy (non-hydrogen) atoms. The Morgan fingerprint density at radius 1 is 0.771 bits per heavy atom. The number of anilines is 1. The first-order valence-corrected chi connectivity index (χ1v) is 16.5. The number of nitrogens with one attached hydrogen (secondary N) is 1. The first-order valence-electron chi connectivity index (χ1n) is 16.5. The van der Waals surface area contributed by atoms with Gasteiger partial charge in [0.05, 0.1) is 29.3 Å². The maximum atomic E-state index is 12.9. The van der Waals surface area contributed by atoms with Crippen molar-refractivity contribution in [3.05, 3.63) is 91.0 Å². The molecular weight excluding hydrogens is 608 g/mol. The Bertz CT molecular complexity index is 1500. The van der Waals surface area contributed by atoms with Crippen LogP contribution in [0.2, 0.25) is 0 Å². The molecule has 1 unspecified atom stereocenters. The Labute approximate surface area is 283 Å². The van der Waals surface area contributed by atoms with Gasteiger partial charge in [0.2, 0.25) is 0 Å². The smallest absolute Gasteiger partial charge is 0.330 e. The second-order valence-corrected chi connectivity index (χ2v) is 10.9. The fourth-order valence-electron chi connectivity index (χ4n) is 4.58. The summed E-state index contributed by atoms with van der Waals surface area (Å²) >= 11 is 0. The van der Waals surface area contributed by atoms with Gasteiger partial charge in [-0.1, -0.05) is 46.1 Å². The number of likely N-dealkylation sites (N-methyl/N-ethyl adjacent to an activating group) is 1. The highest BCUT2D eigenvalue weighted by Gasteiger charge is 2.17. The number of azo groups is 2. The third kappa shape index (κ3) is 13.3. The molecule has 0 fully saturated rings. The molecule has 0 aliphatic heterocycles. The Kier molecular flexibility index (Phi) is 16.2. The summed E-state index contributed by atoms with van der Waals surface area (Å²) in [6.07, 6.45) is 6.68. The Morgan fingerprint density at radius 3 is 1.79 bits per heavy atom. The van der Waals surface area contributed by atoms with Gasteiger partial charge in [0.25, 0.3) is 5.91 Å². The van der Waals surface area contributed by atoms with Crippen LogP contribution in [0.15, 0.2) is 106 Å². The van der Waals surface area contributed by atoms with Crippen LogP contribution in [-0.2, 0) is 19.1 Å². The standard InChI is InChI=1S/C37H46N6O5/c1-5-9-10-11-12-13-34(48-36(45)7-3)38-37(46)28-14-16-29(17-15-28)39-40-30-18-20-31(21-19-30)41-42-32-22-24-33(25-23-32)43(8-4)26-27-47-35(44)6-2/h6,14-25,34H,2,5,7-13,26-27H2,1,3-4H3,(H,38,46)/b40-39+,42-41+. The summed E-state index contributed by atoms with van der Waals surface area (Å²) in [6.45, 7) is 10.9. The van der Waals surface area contributed by atoms with Gasteiger partial charge in [0, 0.05) is 36.7 Å². The summed E-state index contributed by atoms with van der Waals surface area (Å²) in [5, 5.41) is 20.0. The Morgan fingerprint density at radius 2 is 1.29 bits per heavy atom. The number of hydrogen-bond donors (Lipinski definition) is 1. The molecule has 0 radical (unpaired) electrons. The van der Waals surface area contributed by atoms with E-state index in [9.17, 15) is 14.4 Å². The zero-order chi connectivity index (χ0) is 34.6. The normalized spacial score (nSPS) is 11.7. The maximum absolute atomic E-state index is 12.9. The highest BCUT2D eigenvalue weighted by molar-refractivity contribution is 5.94. The van der Waals surface area contributed by atoms with E-state index in [1.165, 1.54) is 6.42 Å². The van der Waals surface area contributed by atoms with E-state index >= 15 is 0 Å². The molecule has 0 saturated carbocycles. The van der Waals surface area contributed by atoms with E-state index < -0.39 is 12.2 Å². The number of carbonyl (C=O) groups is 3. The number of nitrogens with zero attached hydrogens (tertiary/aromatic N) is 5. The summed E-state index contributed by atoms with van der Waals surface area (Å²) in [6, 6.07) is 21.6. The molecule has 0 aliphatic rings. The summed E-state index contributed by atoms with van der Waals surface area (Å²) in [5.41, 5.74) is 4.02. The van der Waals surface area contributed by atoms with Crippen molar-refractivity contribution < 1.29 is 23.9 Å². The van der Waals surface area contributed by atoms with Crippen LogP contribution < -0.4 is 10.2 Å². The number of hydrogen-bond acceptors (Lipinski definition) is 10. The third-order valence-corrected chi connectivity index (χ3v) is 7.33. The molecule has 1 atom stereocenters. The summed E-state index contributed by atoms with van der Waals surface area (Å²) in [5.74, 6) is -1.08. The average molecular weight is 655 g/mol. The van der Waals surface area contributed by atoms with Crippen molar-refractivity contribution in [2.75, 3.05) is 24.6 Å². The molecular formula is C37H46N6O5. The monoisotopic (exact) mass is 654 g/mol. The first kappa shape index (κ1) is 37.3. The lowest BCUT2D eigenvalue weighted by Gasteiger charge is -2.22. The number of esters is 2. The number of carbonyl (C=O) groups excluding carboxylic acids is 3. The Balaban J connectivity index is 1.51. The van der Waals surface area contributed by atoms with E-state index in [1.54, 1.807) is 55.5 Å². The van der Waals surface area contributed by atoms with Gasteiger partial charge in [-0.15, -0.1) is 0 Å². The van der Waals surface area contributed by atoms with Gasteiger partial charge in [-0.25, -0.2) is 4.79 Å². The second-order valence-electron chi connectivity index (χ2n) is 10.9. The molecule has 3 aromatic carbocycles. The van der Waals surface area contributed by atoms with Gasteiger partial charge in [-0.05, 0) is 86.1 Å². The van der Waals surface area contributed by atoms with Crippen LogP contribution in [0, 0.1) is 0 Å². The van der Waals surface area contributed by atoms with Gasteiger partial charge in [-0.3, -0.25) is 9.59 Å². The number of rotatable bonds is 20. The SMILES string of the molecule is C=CC(=O)OCCN(CC)c1ccc(/N=N/c2ccc(/N=N/c3ccc(C(=O)NC(CCCCCCC)OC(=O)CC)cc3)cc2)cc1. The maximum Gasteiger partial charge on any atom is 0.330 e. The quantitative estimate of drug-likeness (QED) is 0.0424. The van der Waals surface area contributed by atoms with Crippen molar-refractivity contribution in [1.82, 2.24) is 5.32 Å². The van der Waals surface area contributed by atoms with Gasteiger partial charge in [0.15, 0.2) is 6.23 Å². The zero-order valence-electron chi connectivity index (χ0n) is 28.1. The van der Waals surface area contributed by atoms with E-state index in [4.69, 9.17) is 9.47 Å². The lowest BCUT2D eigenvalue weighted by molar-refractivity contribution is -0.150. The fourth-order valence-corrected chi connectivity index (χ4v) is 4.58. The van der Waals surface area contributed by atoms with E-state index in [2.05, 4.69) is 44.2 Å². The number of unbranched alkanes of at least 4 members (excludes halogenated alkanes) is 4. The molecule has 0 aliphatic carbocycles. The van der Waals surface area contributed by atoms with Crippen LogP contribution in [0.4, 0.5) is 28.4 Å². The minimum absolute atomic E-state index is 0.253. The molecule has 3 rings (SSSR count). The van der Waals surface area contributed by atoms with E-state index in [0.717, 1.165) is 44.0 Å². The van der Waals surface area contributed by atoms with Crippen LogP contribution in [0.25, 0.3) is 0 Å². The fraction of sp³-hybridized carbons (Fsp3) is 0.378. The van der Waals surface area contributed by atoms with Crippen molar-refractivity contribution in [3.63, 3.8) is 0 Å². The van der Waals surface area contributed by atoms with E-state index in [-0.39, 0.29) is 24.9 Å². The largest absolute Gasteiger partial charge is 0.461 e. The highest BCUT2D eigenvalue weighted by atomic mass is 16.6. The molecule has 0 saturated heterocycles. The summed E-state index contributed by atoms with van der Waals surface area (Å²) < 4.78 is 10.5. The van der Waals surface area contributed by atoms with Crippen LogP contribution >= 0.6 is 0 Å². The molecule has 11 nitrogen and oxygen atoms in total. The van der Waals surface area contributed by atoms with Gasteiger partial charge < -0.3 is 19.7 Å². The van der Waals surface area contributed by atoms with Crippen LogP contribution in [-0.4, -0.2) is 43.8 Å². The number of amides is 1. The first-order chi connectivity index (χ1) is 23.3. The summed E-state index contributed by atoms with van der Waals surface area (Å²) in [4.78, 5) is 38.1.